The fourth-order valence-corrected chi connectivity index (χ4v) is 12.1. The molecule has 15 rings (SSSR count). The van der Waals surface area contributed by atoms with Gasteiger partial charge in [-0.25, -0.2) is 9.97 Å². The number of nitrogens with zero attached hydrogens (tertiary/aromatic N) is 4. The molecule has 0 aliphatic rings. The SMILES string of the molecule is c1ccc(Oc2ccc3c(c2)c2cc(Oc4ccccc4)ccc2c2nc4c(-c5ccc6c7ccccc7n(-c7ccccc7)c6c5)sc(-c5ccc6c7ccccc7n(-c7ccccc7)c6c5)c4nc32)cc1. The maximum absolute atomic E-state index is 6.49. The third kappa shape index (κ3) is 6.71. The molecule has 15 aromatic rings. The van der Waals surface area contributed by atoms with E-state index in [1.165, 1.54) is 21.5 Å². The van der Waals surface area contributed by atoms with Crippen LogP contribution < -0.4 is 9.47 Å². The smallest absolute Gasteiger partial charge is 0.128 e. The van der Waals surface area contributed by atoms with Crippen LogP contribution >= 0.6 is 11.3 Å². The Morgan fingerprint density at radius 1 is 0.274 bits per heavy atom. The van der Waals surface area contributed by atoms with Crippen molar-refractivity contribution in [1.29, 1.82) is 0 Å². The Morgan fingerprint density at radius 2 is 0.644 bits per heavy atom. The highest BCUT2D eigenvalue weighted by Gasteiger charge is 2.24. The van der Waals surface area contributed by atoms with E-state index in [9.17, 15) is 0 Å². The maximum atomic E-state index is 6.49. The van der Waals surface area contributed by atoms with Gasteiger partial charge in [-0.3, -0.25) is 0 Å². The highest BCUT2D eigenvalue weighted by atomic mass is 32.1. The van der Waals surface area contributed by atoms with E-state index in [4.69, 9.17) is 19.4 Å². The van der Waals surface area contributed by atoms with Crippen LogP contribution in [0.2, 0.25) is 0 Å². The van der Waals surface area contributed by atoms with Crippen molar-refractivity contribution in [1.82, 2.24) is 19.1 Å². The number of hydrogen-bond donors (Lipinski definition) is 0. The van der Waals surface area contributed by atoms with Crippen LogP contribution in [0.3, 0.4) is 0 Å². The van der Waals surface area contributed by atoms with Gasteiger partial charge in [0.05, 0.1) is 42.9 Å². The number of thiophene rings is 1. The van der Waals surface area contributed by atoms with Gasteiger partial charge in [0.2, 0.25) is 0 Å². The summed E-state index contributed by atoms with van der Waals surface area (Å²) in [5.74, 6) is 2.99. The molecule has 0 aliphatic heterocycles. The number of benzene rings is 11. The summed E-state index contributed by atoms with van der Waals surface area (Å²) in [5, 5.41) is 8.75. The summed E-state index contributed by atoms with van der Waals surface area (Å²) in [6.45, 7) is 0. The summed E-state index contributed by atoms with van der Waals surface area (Å²) in [7, 11) is 0. The molecule has 0 spiro atoms. The topological polar surface area (TPSA) is 54.1 Å². The van der Waals surface area contributed by atoms with Crippen LogP contribution in [0.25, 0.3) is 119 Å². The number of hydrogen-bond acceptors (Lipinski definition) is 5. The minimum Gasteiger partial charge on any atom is -0.457 e. The zero-order valence-electron chi connectivity index (χ0n) is 39.1. The molecular weight excluding hydrogens is 913 g/mol. The molecule has 0 amide bonds. The van der Waals surface area contributed by atoms with Crippen LogP contribution in [-0.2, 0) is 0 Å². The zero-order chi connectivity index (χ0) is 48.0. The van der Waals surface area contributed by atoms with E-state index in [2.05, 4.69) is 179 Å². The van der Waals surface area contributed by atoms with Crippen LogP contribution in [0.5, 0.6) is 23.0 Å². The fraction of sp³-hybridized carbons (Fsp3) is 0. The lowest BCUT2D eigenvalue weighted by Gasteiger charge is -2.14. The van der Waals surface area contributed by atoms with Crippen molar-refractivity contribution in [2.45, 2.75) is 0 Å². The van der Waals surface area contributed by atoms with Crippen molar-refractivity contribution < 1.29 is 9.47 Å². The minimum absolute atomic E-state index is 0.728. The molecule has 0 aliphatic carbocycles. The molecule has 0 atom stereocenters. The van der Waals surface area contributed by atoms with Gasteiger partial charge in [-0.05, 0) is 131 Å². The van der Waals surface area contributed by atoms with Gasteiger partial charge in [-0.15, -0.1) is 11.3 Å². The monoisotopic (exact) mass is 952 g/mol. The first-order chi connectivity index (χ1) is 36.2. The molecule has 0 unspecified atom stereocenters. The third-order valence-electron chi connectivity index (χ3n) is 14.2. The normalized spacial score (nSPS) is 11.8. The van der Waals surface area contributed by atoms with E-state index in [0.29, 0.717) is 0 Å². The number of ether oxygens (including phenoxy) is 2. The summed E-state index contributed by atoms with van der Waals surface area (Å²) in [5.41, 5.74) is 12.3. The van der Waals surface area contributed by atoms with E-state index in [0.717, 1.165) is 121 Å². The predicted octanol–water partition coefficient (Wildman–Crippen LogP) is 18.3. The Bertz CT molecular complexity index is 4360. The second-order valence-electron chi connectivity index (χ2n) is 18.5. The van der Waals surface area contributed by atoms with Crippen molar-refractivity contribution in [3.8, 4) is 55.3 Å². The molecule has 73 heavy (non-hydrogen) atoms. The Morgan fingerprint density at radius 3 is 1.08 bits per heavy atom. The molecule has 0 bridgehead atoms. The molecule has 6 nitrogen and oxygen atoms in total. The van der Waals surface area contributed by atoms with E-state index in [1.54, 1.807) is 11.3 Å². The number of fused-ring (bicyclic) bond motifs is 13. The van der Waals surface area contributed by atoms with Gasteiger partial charge in [0.25, 0.3) is 0 Å². The molecular formula is C66H40N4O2S. The Kier molecular flexibility index (Phi) is 9.33. The van der Waals surface area contributed by atoms with Crippen LogP contribution in [-0.4, -0.2) is 19.1 Å². The van der Waals surface area contributed by atoms with Crippen LogP contribution in [0.4, 0.5) is 0 Å². The van der Waals surface area contributed by atoms with Crippen LogP contribution in [0, 0.1) is 0 Å². The molecule has 0 saturated heterocycles. The van der Waals surface area contributed by atoms with E-state index >= 15 is 0 Å². The van der Waals surface area contributed by atoms with Crippen LogP contribution in [0.1, 0.15) is 0 Å². The number of rotatable bonds is 8. The average Bonchev–Trinajstić information content (AvgIpc) is 4.11. The first-order valence-electron chi connectivity index (χ1n) is 24.5. The van der Waals surface area contributed by atoms with Crippen molar-refractivity contribution in [2.75, 3.05) is 0 Å². The molecule has 11 aromatic carbocycles. The fourth-order valence-electron chi connectivity index (χ4n) is 10.9. The molecule has 0 saturated carbocycles. The Labute approximate surface area is 422 Å². The lowest BCUT2D eigenvalue weighted by Crippen LogP contribution is -1.94. The largest absolute Gasteiger partial charge is 0.457 e. The molecule has 4 heterocycles. The number of para-hydroxylation sites is 6. The summed E-state index contributed by atoms with van der Waals surface area (Å²) in [6.07, 6.45) is 0. The van der Waals surface area contributed by atoms with Crippen molar-refractivity contribution in [3.63, 3.8) is 0 Å². The molecule has 0 N–H and O–H groups in total. The van der Waals surface area contributed by atoms with E-state index < -0.39 is 0 Å². The van der Waals surface area contributed by atoms with Gasteiger partial charge in [0.1, 0.15) is 34.0 Å². The first-order valence-corrected chi connectivity index (χ1v) is 25.3. The first kappa shape index (κ1) is 41.2. The van der Waals surface area contributed by atoms with Crippen molar-refractivity contribution in [3.05, 3.63) is 243 Å². The van der Waals surface area contributed by atoms with Crippen molar-refractivity contribution in [2.24, 2.45) is 0 Å². The quantitative estimate of drug-likeness (QED) is 0.142. The summed E-state index contributed by atoms with van der Waals surface area (Å²) < 4.78 is 17.7. The molecule has 4 aromatic heterocycles. The predicted molar refractivity (Wildman–Crippen MR) is 303 cm³/mol. The Hall–Kier alpha value is -9.56. The lowest BCUT2D eigenvalue weighted by molar-refractivity contribution is 0.483. The number of aromatic nitrogens is 4. The highest BCUT2D eigenvalue weighted by Crippen LogP contribution is 2.48. The maximum Gasteiger partial charge on any atom is 0.128 e. The molecule has 0 fully saturated rings. The second-order valence-corrected chi connectivity index (χ2v) is 19.5. The second kappa shape index (κ2) is 16.5. The highest BCUT2D eigenvalue weighted by molar-refractivity contribution is 7.20. The van der Waals surface area contributed by atoms with Gasteiger partial charge in [-0.2, -0.15) is 0 Å². The van der Waals surface area contributed by atoms with Crippen LogP contribution in [0.15, 0.2) is 243 Å². The van der Waals surface area contributed by atoms with Gasteiger partial charge >= 0.3 is 0 Å². The lowest BCUT2D eigenvalue weighted by atomic mass is 9.98. The molecule has 0 radical (unpaired) electrons. The third-order valence-corrected chi connectivity index (χ3v) is 15.4. The Balaban J connectivity index is 1.02. The average molecular weight is 953 g/mol. The minimum atomic E-state index is 0.728. The van der Waals surface area contributed by atoms with E-state index in [-0.39, 0.29) is 0 Å². The summed E-state index contributed by atoms with van der Waals surface area (Å²) in [4.78, 5) is 13.7. The molecule has 342 valence electrons. The van der Waals surface area contributed by atoms with Gasteiger partial charge in [0.15, 0.2) is 0 Å². The van der Waals surface area contributed by atoms with Crippen molar-refractivity contribution >= 4 is 98.6 Å². The standard InChI is InChI=1S/C66H40N4O2S/c1-5-17-43(18-6-1)69-57-27-15-13-25-49(57)51-33-29-41(37-59(51)69)65-63-64(66(73-65)42-30-34-52-50-26-14-16-28-58(50)70(60(52)38-42)44-19-7-2-8-20-44)68-62-54-36-32-48(72-46-23-11-4-12-24-46)40-56(54)55-39-47(31-35-53(55)61(62)67-63)71-45-21-9-3-10-22-45/h1-40H. The zero-order valence-corrected chi connectivity index (χ0v) is 39.9. The van der Waals surface area contributed by atoms with Gasteiger partial charge in [0, 0.05) is 43.7 Å². The molecule has 7 heteroatoms. The van der Waals surface area contributed by atoms with Gasteiger partial charge < -0.3 is 18.6 Å². The van der Waals surface area contributed by atoms with Gasteiger partial charge in [-0.1, -0.05) is 133 Å². The summed E-state index contributed by atoms with van der Waals surface area (Å²) >= 11 is 1.76. The summed E-state index contributed by atoms with van der Waals surface area (Å²) in [6, 6.07) is 84.9. The van der Waals surface area contributed by atoms with E-state index in [1.807, 2.05) is 72.8 Å².